The molecule has 1 saturated heterocycles. The van der Waals surface area contributed by atoms with E-state index in [2.05, 4.69) is 40.8 Å². The van der Waals surface area contributed by atoms with Gasteiger partial charge in [-0.25, -0.2) is 0 Å². The maximum absolute atomic E-state index is 13.1. The molecule has 2 fully saturated rings. The van der Waals surface area contributed by atoms with Crippen LogP contribution in [-0.2, 0) is 11.3 Å². The molecule has 172 valence electrons. The zero-order chi connectivity index (χ0) is 22.7. The minimum Gasteiger partial charge on any atom is -0.369 e. The Morgan fingerprint density at radius 2 is 1.75 bits per heavy atom. The second kappa shape index (κ2) is 9.90. The summed E-state index contributed by atoms with van der Waals surface area (Å²) in [6, 6.07) is 10.6. The number of aryl methyl sites for hydroxylation is 1. The van der Waals surface area contributed by atoms with E-state index >= 15 is 0 Å². The van der Waals surface area contributed by atoms with Crippen LogP contribution in [0, 0.1) is 19.8 Å². The van der Waals surface area contributed by atoms with Crippen molar-refractivity contribution in [1.29, 1.82) is 0 Å². The lowest BCUT2D eigenvalue weighted by molar-refractivity contribution is -0.123. The molecule has 0 unspecified atom stereocenters. The molecule has 1 aromatic carbocycles. The van der Waals surface area contributed by atoms with Crippen molar-refractivity contribution in [2.75, 3.05) is 18.4 Å². The van der Waals surface area contributed by atoms with Crippen LogP contribution < -0.4 is 11.1 Å². The van der Waals surface area contributed by atoms with E-state index in [9.17, 15) is 9.59 Å². The number of likely N-dealkylation sites (tertiary alicyclic amines) is 1. The summed E-state index contributed by atoms with van der Waals surface area (Å²) in [6.45, 7) is 6.74. The van der Waals surface area contributed by atoms with Gasteiger partial charge in [0.1, 0.15) is 0 Å². The second-order valence-electron chi connectivity index (χ2n) is 9.55. The summed E-state index contributed by atoms with van der Waals surface area (Å²) in [5.41, 5.74) is 10.4. The number of nitrogens with two attached hydrogens (primary N) is 1. The SMILES string of the molecule is Cc1cc(C(=O)Nc2cccc(CN3CCC(C(N)=O)CC3)c2)c(C)n1C1CCCCC1. The number of anilines is 1. The molecule has 3 N–H and O–H groups in total. The number of nitrogens with one attached hydrogen (secondary N) is 1. The van der Waals surface area contributed by atoms with Gasteiger partial charge in [-0.15, -0.1) is 0 Å². The van der Waals surface area contributed by atoms with Crippen LogP contribution in [0.25, 0.3) is 0 Å². The topological polar surface area (TPSA) is 80.4 Å². The van der Waals surface area contributed by atoms with Crippen LogP contribution in [0.2, 0.25) is 0 Å². The van der Waals surface area contributed by atoms with Crippen LogP contribution >= 0.6 is 0 Å². The highest BCUT2D eigenvalue weighted by molar-refractivity contribution is 6.05. The Morgan fingerprint density at radius 3 is 2.44 bits per heavy atom. The number of aromatic nitrogens is 1. The highest BCUT2D eigenvalue weighted by atomic mass is 16.2. The van der Waals surface area contributed by atoms with Crippen LogP contribution in [0.4, 0.5) is 5.69 Å². The molecule has 32 heavy (non-hydrogen) atoms. The predicted molar refractivity (Wildman–Crippen MR) is 128 cm³/mol. The number of primary amides is 1. The molecule has 2 heterocycles. The van der Waals surface area contributed by atoms with E-state index in [0.29, 0.717) is 6.04 Å². The standard InChI is InChI=1S/C26H36N4O2/c1-18-15-24(19(2)30(18)23-9-4-3-5-10-23)26(32)28-22-8-6-7-20(16-22)17-29-13-11-21(12-14-29)25(27)31/h6-8,15-16,21,23H,3-5,9-14,17H2,1-2H3,(H2,27,31)(H,28,32). The summed E-state index contributed by atoms with van der Waals surface area (Å²) in [4.78, 5) is 26.8. The second-order valence-corrected chi connectivity index (χ2v) is 9.55. The fourth-order valence-corrected chi connectivity index (χ4v) is 5.49. The van der Waals surface area contributed by atoms with Crippen LogP contribution in [0.1, 0.15) is 78.3 Å². The number of piperidine rings is 1. The number of carbonyl (C=O) groups is 2. The molecular formula is C26H36N4O2. The summed E-state index contributed by atoms with van der Waals surface area (Å²) in [5.74, 6) is -0.221. The highest BCUT2D eigenvalue weighted by Gasteiger charge is 2.24. The minimum absolute atomic E-state index is 0.00415. The molecule has 2 amide bonds. The summed E-state index contributed by atoms with van der Waals surface area (Å²) in [5, 5.41) is 3.11. The summed E-state index contributed by atoms with van der Waals surface area (Å²) in [6.07, 6.45) is 7.92. The molecule has 6 nitrogen and oxygen atoms in total. The number of hydrogen-bond donors (Lipinski definition) is 2. The minimum atomic E-state index is -0.183. The van der Waals surface area contributed by atoms with E-state index in [1.807, 2.05) is 18.2 Å². The fourth-order valence-electron chi connectivity index (χ4n) is 5.49. The Labute approximate surface area is 191 Å². The van der Waals surface area contributed by atoms with Crippen molar-refractivity contribution in [3.05, 3.63) is 52.8 Å². The first kappa shape index (κ1) is 22.6. The lowest BCUT2D eigenvalue weighted by Crippen LogP contribution is -2.38. The van der Waals surface area contributed by atoms with Crippen LogP contribution in [0.3, 0.4) is 0 Å². The summed E-state index contributed by atoms with van der Waals surface area (Å²) in [7, 11) is 0. The van der Waals surface area contributed by atoms with Gasteiger partial charge >= 0.3 is 0 Å². The normalized spacial score (nSPS) is 18.6. The largest absolute Gasteiger partial charge is 0.369 e. The van der Waals surface area contributed by atoms with Gasteiger partial charge in [-0.2, -0.15) is 0 Å². The first-order chi connectivity index (χ1) is 15.4. The van der Waals surface area contributed by atoms with Gasteiger partial charge in [-0.3, -0.25) is 14.5 Å². The molecule has 0 radical (unpaired) electrons. The van der Waals surface area contributed by atoms with Crippen molar-refractivity contribution in [2.45, 2.75) is 71.4 Å². The third-order valence-corrected chi connectivity index (χ3v) is 7.25. The van der Waals surface area contributed by atoms with E-state index in [0.717, 1.165) is 55.0 Å². The van der Waals surface area contributed by atoms with E-state index in [1.54, 1.807) is 0 Å². The van der Waals surface area contributed by atoms with Crippen molar-refractivity contribution < 1.29 is 9.59 Å². The average Bonchev–Trinajstić information content (AvgIpc) is 3.09. The zero-order valence-corrected chi connectivity index (χ0v) is 19.4. The van der Waals surface area contributed by atoms with E-state index in [1.165, 1.54) is 37.8 Å². The summed E-state index contributed by atoms with van der Waals surface area (Å²) < 4.78 is 2.38. The number of amides is 2. The fraction of sp³-hybridized carbons (Fsp3) is 0.538. The van der Waals surface area contributed by atoms with E-state index in [4.69, 9.17) is 5.73 Å². The maximum atomic E-state index is 13.1. The monoisotopic (exact) mass is 436 g/mol. The van der Waals surface area contributed by atoms with Gasteiger partial charge in [0, 0.05) is 35.6 Å². The van der Waals surface area contributed by atoms with Crippen LogP contribution in [0.15, 0.2) is 30.3 Å². The third-order valence-electron chi connectivity index (χ3n) is 7.25. The summed E-state index contributed by atoms with van der Waals surface area (Å²) >= 11 is 0. The smallest absolute Gasteiger partial charge is 0.257 e. The molecule has 4 rings (SSSR count). The van der Waals surface area contributed by atoms with E-state index < -0.39 is 0 Å². The molecule has 1 aliphatic heterocycles. The quantitative estimate of drug-likeness (QED) is 0.697. The third kappa shape index (κ3) is 5.07. The molecule has 1 saturated carbocycles. The zero-order valence-electron chi connectivity index (χ0n) is 19.4. The number of benzene rings is 1. The maximum Gasteiger partial charge on any atom is 0.257 e. The highest BCUT2D eigenvalue weighted by Crippen LogP contribution is 2.32. The molecule has 0 bridgehead atoms. The van der Waals surface area contributed by atoms with Gasteiger partial charge < -0.3 is 15.6 Å². The molecule has 1 aromatic heterocycles. The predicted octanol–water partition coefficient (Wildman–Crippen LogP) is 4.56. The lowest BCUT2D eigenvalue weighted by atomic mass is 9.95. The Hall–Kier alpha value is -2.60. The Kier molecular flexibility index (Phi) is 6.99. The van der Waals surface area contributed by atoms with E-state index in [-0.39, 0.29) is 17.7 Å². The molecule has 0 atom stereocenters. The molecule has 0 spiro atoms. The Morgan fingerprint density at radius 1 is 1.03 bits per heavy atom. The van der Waals surface area contributed by atoms with Crippen LogP contribution in [-0.4, -0.2) is 34.4 Å². The number of rotatable bonds is 6. The molecule has 2 aliphatic rings. The van der Waals surface area contributed by atoms with Crippen molar-refractivity contribution in [2.24, 2.45) is 11.7 Å². The van der Waals surface area contributed by atoms with Crippen molar-refractivity contribution >= 4 is 17.5 Å². The Bertz CT molecular complexity index is 966. The molecule has 6 heteroatoms. The van der Waals surface area contributed by atoms with Crippen molar-refractivity contribution in [3.8, 4) is 0 Å². The van der Waals surface area contributed by atoms with Gasteiger partial charge in [-0.05, 0) is 76.4 Å². The Balaban J connectivity index is 1.40. The first-order valence-electron chi connectivity index (χ1n) is 12.0. The lowest BCUT2D eigenvalue weighted by Gasteiger charge is -2.30. The van der Waals surface area contributed by atoms with Crippen LogP contribution in [0.5, 0.6) is 0 Å². The number of hydrogen-bond acceptors (Lipinski definition) is 3. The van der Waals surface area contributed by atoms with Gasteiger partial charge in [-0.1, -0.05) is 31.4 Å². The molecule has 2 aromatic rings. The molecule has 1 aliphatic carbocycles. The first-order valence-corrected chi connectivity index (χ1v) is 12.0. The van der Waals surface area contributed by atoms with Crippen molar-refractivity contribution in [3.63, 3.8) is 0 Å². The van der Waals surface area contributed by atoms with Gasteiger partial charge in [0.15, 0.2) is 0 Å². The molecular weight excluding hydrogens is 400 g/mol. The number of carbonyl (C=O) groups excluding carboxylic acids is 2. The van der Waals surface area contributed by atoms with Crippen molar-refractivity contribution in [1.82, 2.24) is 9.47 Å². The van der Waals surface area contributed by atoms with Gasteiger partial charge in [0.2, 0.25) is 5.91 Å². The van der Waals surface area contributed by atoms with Gasteiger partial charge in [0.25, 0.3) is 5.91 Å². The average molecular weight is 437 g/mol. The van der Waals surface area contributed by atoms with Gasteiger partial charge in [0.05, 0.1) is 5.56 Å². The number of nitrogens with zero attached hydrogens (tertiary/aromatic N) is 2.